The molecule has 1 heterocycles. The number of methoxy groups -OCH3 is 1. The summed E-state index contributed by atoms with van der Waals surface area (Å²) >= 11 is 1.65. The Balaban J connectivity index is 1.66. The van der Waals surface area contributed by atoms with Crippen LogP contribution < -0.4 is 15.0 Å². The Hall–Kier alpha value is -3.32. The Morgan fingerprint density at radius 1 is 0.969 bits per heavy atom. The molecule has 0 aliphatic heterocycles. The molecule has 2 aromatic carbocycles. The molecule has 2 amide bonds. The Bertz CT molecular complexity index is 1030. The number of anilines is 2. The van der Waals surface area contributed by atoms with Gasteiger partial charge in [-0.25, -0.2) is 0 Å². The maximum atomic E-state index is 13.0. The van der Waals surface area contributed by atoms with Crippen molar-refractivity contribution in [2.75, 3.05) is 37.5 Å². The van der Waals surface area contributed by atoms with E-state index in [4.69, 9.17) is 4.74 Å². The lowest BCUT2D eigenvalue weighted by molar-refractivity contribution is -0.132. The van der Waals surface area contributed by atoms with Gasteiger partial charge in [0.2, 0.25) is 11.8 Å². The minimum atomic E-state index is -0.215. The summed E-state index contributed by atoms with van der Waals surface area (Å²) in [5.74, 6) is 0.415. The molecule has 0 saturated heterocycles. The van der Waals surface area contributed by atoms with Crippen molar-refractivity contribution in [3.8, 4) is 5.75 Å². The van der Waals surface area contributed by atoms with E-state index in [1.165, 1.54) is 4.90 Å². The summed E-state index contributed by atoms with van der Waals surface area (Å²) in [6.45, 7) is 4.67. The number of aryl methyl sites for hydroxylation is 2. The van der Waals surface area contributed by atoms with Gasteiger partial charge >= 0.3 is 0 Å². The number of likely N-dealkylation sites (N-methyl/N-ethyl adjacent to an activating group) is 1. The lowest BCUT2D eigenvalue weighted by Crippen LogP contribution is -2.41. The molecule has 6 nitrogen and oxygen atoms in total. The molecule has 3 aromatic rings. The summed E-state index contributed by atoms with van der Waals surface area (Å²) in [6, 6.07) is 17.5. The number of rotatable bonds is 9. The predicted octanol–water partition coefficient (Wildman–Crippen LogP) is 4.48. The van der Waals surface area contributed by atoms with Crippen LogP contribution in [-0.4, -0.2) is 44.0 Å². The molecule has 1 N–H and O–H groups in total. The molecule has 0 radical (unpaired) electrons. The van der Waals surface area contributed by atoms with Gasteiger partial charge in [0.25, 0.3) is 0 Å². The van der Waals surface area contributed by atoms with Crippen molar-refractivity contribution in [3.05, 3.63) is 76.0 Å². The van der Waals surface area contributed by atoms with Crippen LogP contribution in [0.15, 0.2) is 60.0 Å². The molecule has 0 unspecified atom stereocenters. The second kappa shape index (κ2) is 10.8. The van der Waals surface area contributed by atoms with Gasteiger partial charge in [-0.15, -0.1) is 11.3 Å². The molecule has 168 valence electrons. The lowest BCUT2D eigenvalue weighted by atomic mass is 10.1. The van der Waals surface area contributed by atoms with Gasteiger partial charge in [-0.2, -0.15) is 0 Å². The summed E-state index contributed by atoms with van der Waals surface area (Å²) < 4.78 is 5.25. The van der Waals surface area contributed by atoms with Gasteiger partial charge < -0.3 is 19.9 Å². The highest BCUT2D eigenvalue weighted by Gasteiger charge is 2.19. The van der Waals surface area contributed by atoms with Gasteiger partial charge in [-0.05, 0) is 60.7 Å². The first kappa shape index (κ1) is 23.3. The minimum absolute atomic E-state index is 0.0118. The van der Waals surface area contributed by atoms with E-state index in [9.17, 15) is 9.59 Å². The maximum Gasteiger partial charge on any atom is 0.243 e. The van der Waals surface area contributed by atoms with E-state index < -0.39 is 0 Å². The highest BCUT2D eigenvalue weighted by Crippen LogP contribution is 2.23. The van der Waals surface area contributed by atoms with E-state index in [2.05, 4.69) is 5.32 Å². The summed E-state index contributed by atoms with van der Waals surface area (Å²) in [6.07, 6.45) is 0. The first-order valence-corrected chi connectivity index (χ1v) is 11.3. The van der Waals surface area contributed by atoms with Crippen LogP contribution in [0.25, 0.3) is 0 Å². The molecule has 0 saturated carbocycles. The fraction of sp³-hybridized carbons (Fsp3) is 0.280. The predicted molar refractivity (Wildman–Crippen MR) is 131 cm³/mol. The SMILES string of the molecule is COc1ccc(N(CC(=O)N(C)CC(=O)Nc2c(C)cccc2C)Cc2cccs2)cc1. The number of carbonyl (C=O) groups is 2. The number of hydrogen-bond donors (Lipinski definition) is 1. The molecule has 0 aliphatic rings. The van der Waals surface area contributed by atoms with Crippen molar-refractivity contribution in [1.29, 1.82) is 0 Å². The molecule has 0 fully saturated rings. The van der Waals surface area contributed by atoms with Crippen LogP contribution in [0.5, 0.6) is 5.75 Å². The summed E-state index contributed by atoms with van der Waals surface area (Å²) in [7, 11) is 3.28. The van der Waals surface area contributed by atoms with Crippen LogP contribution in [0, 0.1) is 13.8 Å². The van der Waals surface area contributed by atoms with Gasteiger partial charge in [0.1, 0.15) is 5.75 Å². The number of para-hydroxylation sites is 1. The normalized spacial score (nSPS) is 10.5. The van der Waals surface area contributed by atoms with Crippen LogP contribution in [0.4, 0.5) is 11.4 Å². The number of nitrogens with one attached hydrogen (secondary N) is 1. The van der Waals surface area contributed by atoms with Gasteiger partial charge in [0.15, 0.2) is 0 Å². The van der Waals surface area contributed by atoms with E-state index in [0.717, 1.165) is 33.1 Å². The third kappa shape index (κ3) is 6.11. The zero-order valence-corrected chi connectivity index (χ0v) is 19.7. The Kier molecular flexibility index (Phi) is 7.89. The standard InChI is InChI=1S/C25H29N3O3S/c1-18-7-5-8-19(2)25(18)26-23(29)16-27(3)24(30)17-28(15-22-9-6-14-32-22)20-10-12-21(31-4)13-11-20/h5-14H,15-17H2,1-4H3,(H,26,29). The maximum absolute atomic E-state index is 13.0. The average Bonchev–Trinajstić information content (AvgIpc) is 3.29. The first-order chi connectivity index (χ1) is 15.4. The van der Waals surface area contributed by atoms with Crippen LogP contribution in [0.1, 0.15) is 16.0 Å². The largest absolute Gasteiger partial charge is 0.497 e. The zero-order valence-electron chi connectivity index (χ0n) is 18.9. The molecular formula is C25H29N3O3S. The molecular weight excluding hydrogens is 422 g/mol. The Labute approximate surface area is 193 Å². The Morgan fingerprint density at radius 3 is 2.25 bits per heavy atom. The molecule has 3 rings (SSSR count). The fourth-order valence-electron chi connectivity index (χ4n) is 3.40. The second-order valence-electron chi connectivity index (χ2n) is 7.70. The molecule has 1 aromatic heterocycles. The van der Waals surface area contributed by atoms with E-state index in [0.29, 0.717) is 6.54 Å². The highest BCUT2D eigenvalue weighted by molar-refractivity contribution is 7.09. The summed E-state index contributed by atoms with van der Waals surface area (Å²) in [5, 5.41) is 4.96. The van der Waals surface area contributed by atoms with Crippen molar-refractivity contribution < 1.29 is 14.3 Å². The molecule has 0 spiro atoms. The number of carbonyl (C=O) groups excluding carboxylic acids is 2. The Morgan fingerprint density at radius 2 is 1.66 bits per heavy atom. The van der Waals surface area contributed by atoms with Gasteiger partial charge in [-0.3, -0.25) is 9.59 Å². The summed E-state index contributed by atoms with van der Waals surface area (Å²) in [4.78, 5) is 30.2. The fourth-order valence-corrected chi connectivity index (χ4v) is 4.12. The molecule has 0 bridgehead atoms. The van der Waals surface area contributed by atoms with E-state index in [1.807, 2.05) is 78.7 Å². The monoisotopic (exact) mass is 451 g/mol. The second-order valence-corrected chi connectivity index (χ2v) is 8.73. The zero-order chi connectivity index (χ0) is 23.1. The highest BCUT2D eigenvalue weighted by atomic mass is 32.1. The van der Waals surface area contributed by atoms with Crippen molar-refractivity contribution >= 4 is 34.5 Å². The van der Waals surface area contributed by atoms with Crippen molar-refractivity contribution in [2.45, 2.75) is 20.4 Å². The van der Waals surface area contributed by atoms with Crippen LogP contribution in [0.2, 0.25) is 0 Å². The number of nitrogens with zero attached hydrogens (tertiary/aromatic N) is 2. The van der Waals surface area contributed by atoms with Gasteiger partial charge in [0, 0.05) is 23.3 Å². The minimum Gasteiger partial charge on any atom is -0.497 e. The quantitative estimate of drug-likeness (QED) is 0.521. The number of thiophene rings is 1. The lowest BCUT2D eigenvalue weighted by Gasteiger charge is -2.27. The third-order valence-corrected chi connectivity index (χ3v) is 6.10. The first-order valence-electron chi connectivity index (χ1n) is 10.4. The number of benzene rings is 2. The number of ether oxygens (including phenoxy) is 1. The smallest absolute Gasteiger partial charge is 0.243 e. The van der Waals surface area contributed by atoms with Crippen molar-refractivity contribution in [3.63, 3.8) is 0 Å². The van der Waals surface area contributed by atoms with Gasteiger partial charge in [-0.1, -0.05) is 24.3 Å². The van der Waals surface area contributed by atoms with Crippen LogP contribution >= 0.6 is 11.3 Å². The number of hydrogen-bond acceptors (Lipinski definition) is 5. The average molecular weight is 452 g/mol. The van der Waals surface area contributed by atoms with E-state index in [1.54, 1.807) is 25.5 Å². The molecule has 0 atom stereocenters. The topological polar surface area (TPSA) is 61.9 Å². The third-order valence-electron chi connectivity index (χ3n) is 5.24. The van der Waals surface area contributed by atoms with Crippen molar-refractivity contribution in [2.24, 2.45) is 0 Å². The van der Waals surface area contributed by atoms with E-state index in [-0.39, 0.29) is 24.9 Å². The number of amides is 2. The molecule has 32 heavy (non-hydrogen) atoms. The summed E-state index contributed by atoms with van der Waals surface area (Å²) in [5.41, 5.74) is 3.71. The van der Waals surface area contributed by atoms with Crippen molar-refractivity contribution in [1.82, 2.24) is 4.90 Å². The molecule has 0 aliphatic carbocycles. The van der Waals surface area contributed by atoms with Crippen LogP contribution in [0.3, 0.4) is 0 Å². The molecule has 7 heteroatoms. The van der Waals surface area contributed by atoms with Crippen LogP contribution in [-0.2, 0) is 16.1 Å². The van der Waals surface area contributed by atoms with Gasteiger partial charge in [0.05, 0.1) is 26.7 Å². The van der Waals surface area contributed by atoms with E-state index >= 15 is 0 Å².